The molecule has 0 saturated carbocycles. The first kappa shape index (κ1) is 7.76. The Morgan fingerprint density at radius 2 is 2.50 bits per heavy atom. The molecule has 0 N–H and O–H groups in total. The third-order valence-corrected chi connectivity index (χ3v) is 2.63. The molecule has 62 valence electrons. The van der Waals surface area contributed by atoms with Gasteiger partial charge < -0.3 is 0 Å². The highest BCUT2D eigenvalue weighted by atomic mass is 35.5. The molecule has 0 bridgehead atoms. The van der Waals surface area contributed by atoms with Crippen molar-refractivity contribution in [3.05, 3.63) is 23.0 Å². The van der Waals surface area contributed by atoms with Crippen LogP contribution in [0.5, 0.6) is 0 Å². The van der Waals surface area contributed by atoms with E-state index in [9.17, 15) is 4.79 Å². The molecule has 2 aromatic rings. The Labute approximate surface area is 77.6 Å². The zero-order valence-electron chi connectivity index (χ0n) is 6.24. The van der Waals surface area contributed by atoms with Crippen molar-refractivity contribution >= 4 is 33.1 Å². The molecule has 0 amide bonds. The Balaban J connectivity index is 2.76. The number of nitrogens with zero attached hydrogens (tertiary/aromatic N) is 2. The predicted octanol–water partition coefficient (Wildman–Crippen LogP) is 2.08. The van der Waals surface area contributed by atoms with Crippen LogP contribution in [0, 0.1) is 6.92 Å². The van der Waals surface area contributed by atoms with Gasteiger partial charge in [-0.1, -0.05) is 0 Å². The highest BCUT2D eigenvalue weighted by Gasteiger charge is 2.10. The van der Waals surface area contributed by atoms with Crippen LogP contribution in [-0.2, 0) is 0 Å². The van der Waals surface area contributed by atoms with Gasteiger partial charge in [0, 0.05) is 11.1 Å². The highest BCUT2D eigenvalue weighted by molar-refractivity contribution is 7.17. The van der Waals surface area contributed by atoms with Crippen LogP contribution in [0.1, 0.15) is 15.4 Å². The fourth-order valence-electron chi connectivity index (χ4n) is 1.04. The molecule has 5 heteroatoms. The Hall–Kier alpha value is -0.870. The number of halogens is 1. The van der Waals surface area contributed by atoms with Gasteiger partial charge in [-0.25, -0.2) is 4.98 Å². The number of imidazole rings is 1. The van der Waals surface area contributed by atoms with E-state index in [0.717, 1.165) is 9.84 Å². The molecule has 2 aromatic heterocycles. The van der Waals surface area contributed by atoms with Gasteiger partial charge >= 0.3 is 0 Å². The van der Waals surface area contributed by atoms with E-state index >= 15 is 0 Å². The van der Waals surface area contributed by atoms with Gasteiger partial charge in [0.1, 0.15) is 5.69 Å². The molecule has 0 radical (unpaired) electrons. The number of thiazole rings is 1. The number of carbonyl (C=O) groups is 1. The minimum absolute atomic E-state index is 0.427. The van der Waals surface area contributed by atoms with Crippen molar-refractivity contribution in [2.24, 2.45) is 0 Å². The van der Waals surface area contributed by atoms with Gasteiger partial charge in [0.25, 0.3) is 5.24 Å². The fraction of sp³-hybridized carbons (Fsp3) is 0.143. The van der Waals surface area contributed by atoms with Crippen LogP contribution in [0.2, 0.25) is 0 Å². The van der Waals surface area contributed by atoms with Gasteiger partial charge in [0.15, 0.2) is 4.96 Å². The largest absolute Gasteiger partial charge is 0.286 e. The molecule has 3 nitrogen and oxygen atoms in total. The molecule has 12 heavy (non-hydrogen) atoms. The van der Waals surface area contributed by atoms with Crippen molar-refractivity contribution in [1.82, 2.24) is 9.38 Å². The van der Waals surface area contributed by atoms with E-state index in [1.807, 2.05) is 13.1 Å². The van der Waals surface area contributed by atoms with E-state index < -0.39 is 5.24 Å². The quantitative estimate of drug-likeness (QED) is 0.661. The molecule has 0 aliphatic carbocycles. The topological polar surface area (TPSA) is 34.4 Å². The Bertz CT molecular complexity index is 445. The first-order valence-corrected chi connectivity index (χ1v) is 4.51. The summed E-state index contributed by atoms with van der Waals surface area (Å²) in [4.78, 5) is 16.8. The van der Waals surface area contributed by atoms with Crippen molar-refractivity contribution in [1.29, 1.82) is 0 Å². The van der Waals surface area contributed by atoms with Crippen LogP contribution in [0.3, 0.4) is 0 Å². The predicted molar refractivity (Wildman–Crippen MR) is 48.0 cm³/mol. The lowest BCUT2D eigenvalue weighted by Gasteiger charge is -1.86. The van der Waals surface area contributed by atoms with Crippen LogP contribution in [0.15, 0.2) is 12.4 Å². The summed E-state index contributed by atoms with van der Waals surface area (Å²) in [6, 6.07) is 0. The third-order valence-electron chi connectivity index (χ3n) is 1.53. The van der Waals surface area contributed by atoms with Crippen molar-refractivity contribution < 1.29 is 4.79 Å². The smallest absolute Gasteiger partial charge is 0.270 e. The monoisotopic (exact) mass is 200 g/mol. The minimum Gasteiger partial charge on any atom is -0.286 e. The Kier molecular flexibility index (Phi) is 1.66. The van der Waals surface area contributed by atoms with Crippen LogP contribution >= 0.6 is 22.9 Å². The summed E-state index contributed by atoms with van der Waals surface area (Å²) in [5.74, 6) is 0. The number of hydrogen-bond donors (Lipinski definition) is 0. The lowest BCUT2D eigenvalue weighted by Crippen LogP contribution is -1.92. The molecule has 0 fully saturated rings. The first-order chi connectivity index (χ1) is 5.68. The first-order valence-electron chi connectivity index (χ1n) is 3.32. The fourth-order valence-corrected chi connectivity index (χ4v) is 1.98. The molecular formula is C7H5ClN2OS. The number of aryl methyl sites for hydroxylation is 1. The standard InChI is InChI=1S/C7H5ClN2OS/c1-4-3-10-5(6(8)11)2-9-7(10)12-4/h2-3H,1H3. The Morgan fingerprint density at radius 3 is 3.17 bits per heavy atom. The van der Waals surface area contributed by atoms with Gasteiger partial charge in [0.05, 0.1) is 6.20 Å². The summed E-state index contributed by atoms with van der Waals surface area (Å²) in [7, 11) is 0. The number of hydrogen-bond acceptors (Lipinski definition) is 3. The van der Waals surface area contributed by atoms with Crippen molar-refractivity contribution in [2.75, 3.05) is 0 Å². The molecular weight excluding hydrogens is 196 g/mol. The maximum Gasteiger partial charge on any atom is 0.270 e. The number of rotatable bonds is 1. The summed E-state index contributed by atoms with van der Waals surface area (Å²) >= 11 is 6.87. The number of aromatic nitrogens is 2. The summed E-state index contributed by atoms with van der Waals surface area (Å²) in [5, 5.41) is -0.472. The SMILES string of the molecule is Cc1cn2c(C(=O)Cl)cnc2s1. The van der Waals surface area contributed by atoms with Crippen molar-refractivity contribution in [2.45, 2.75) is 6.92 Å². The molecule has 0 atom stereocenters. The zero-order chi connectivity index (χ0) is 8.72. The van der Waals surface area contributed by atoms with E-state index in [1.165, 1.54) is 17.5 Å². The van der Waals surface area contributed by atoms with E-state index in [1.54, 1.807) is 4.40 Å². The average Bonchev–Trinajstić information content (AvgIpc) is 2.43. The number of fused-ring (bicyclic) bond motifs is 1. The maximum atomic E-state index is 10.8. The minimum atomic E-state index is -0.472. The van der Waals surface area contributed by atoms with Gasteiger partial charge in [-0.2, -0.15) is 0 Å². The van der Waals surface area contributed by atoms with Crippen LogP contribution < -0.4 is 0 Å². The highest BCUT2D eigenvalue weighted by Crippen LogP contribution is 2.18. The van der Waals surface area contributed by atoms with Gasteiger partial charge in [-0.05, 0) is 18.5 Å². The molecule has 0 aliphatic rings. The second kappa shape index (κ2) is 2.57. The van der Waals surface area contributed by atoms with Crippen molar-refractivity contribution in [3.63, 3.8) is 0 Å². The maximum absolute atomic E-state index is 10.8. The third kappa shape index (κ3) is 1.04. The average molecular weight is 201 g/mol. The van der Waals surface area contributed by atoms with E-state index in [-0.39, 0.29) is 0 Å². The lowest BCUT2D eigenvalue weighted by atomic mass is 10.5. The summed E-state index contributed by atoms with van der Waals surface area (Å²) in [6.45, 7) is 1.96. The molecule has 0 aliphatic heterocycles. The van der Waals surface area contributed by atoms with Crippen LogP contribution in [0.4, 0.5) is 0 Å². The molecule has 0 saturated heterocycles. The lowest BCUT2D eigenvalue weighted by molar-refractivity contribution is 0.107. The molecule has 2 rings (SSSR count). The second-order valence-electron chi connectivity index (χ2n) is 2.41. The van der Waals surface area contributed by atoms with E-state index in [0.29, 0.717) is 5.69 Å². The van der Waals surface area contributed by atoms with Crippen LogP contribution in [0.25, 0.3) is 4.96 Å². The summed E-state index contributed by atoms with van der Waals surface area (Å²) < 4.78 is 1.70. The van der Waals surface area contributed by atoms with Crippen molar-refractivity contribution in [3.8, 4) is 0 Å². The Morgan fingerprint density at radius 1 is 1.75 bits per heavy atom. The number of carbonyl (C=O) groups excluding carboxylic acids is 1. The van der Waals surface area contributed by atoms with E-state index in [2.05, 4.69) is 4.98 Å². The molecule has 0 spiro atoms. The second-order valence-corrected chi connectivity index (χ2v) is 3.97. The van der Waals surface area contributed by atoms with Crippen LogP contribution in [-0.4, -0.2) is 14.6 Å². The molecule has 0 unspecified atom stereocenters. The van der Waals surface area contributed by atoms with Gasteiger partial charge in [-0.3, -0.25) is 9.20 Å². The molecule has 0 aromatic carbocycles. The van der Waals surface area contributed by atoms with Gasteiger partial charge in [0.2, 0.25) is 0 Å². The molecule has 2 heterocycles. The van der Waals surface area contributed by atoms with Gasteiger partial charge in [-0.15, -0.1) is 11.3 Å². The summed E-state index contributed by atoms with van der Waals surface area (Å²) in [6.07, 6.45) is 3.34. The normalized spacial score (nSPS) is 10.8. The zero-order valence-corrected chi connectivity index (χ0v) is 7.82. The summed E-state index contributed by atoms with van der Waals surface area (Å²) in [5.41, 5.74) is 0.427. The van der Waals surface area contributed by atoms with E-state index in [4.69, 9.17) is 11.6 Å².